The molecule has 9 heteroatoms. The van der Waals surface area contributed by atoms with Gasteiger partial charge in [-0.05, 0) is 39.0 Å². The van der Waals surface area contributed by atoms with Gasteiger partial charge in [0, 0.05) is 48.0 Å². The van der Waals surface area contributed by atoms with Gasteiger partial charge in [-0.1, -0.05) is 11.6 Å². The number of carbonyl (C=O) groups is 2. The van der Waals surface area contributed by atoms with Crippen LogP contribution in [-0.2, 0) is 14.3 Å². The molecule has 1 aliphatic heterocycles. The Kier molecular flexibility index (Phi) is 6.11. The predicted molar refractivity (Wildman–Crippen MR) is 126 cm³/mol. The van der Waals surface area contributed by atoms with E-state index in [2.05, 4.69) is 25.5 Å². The Morgan fingerprint density at radius 3 is 2.91 bits per heavy atom. The lowest BCUT2D eigenvalue weighted by atomic mass is 10.0. The molecule has 8 nitrogen and oxygen atoms in total. The molecule has 3 aromatic rings. The molecule has 1 fully saturated rings. The van der Waals surface area contributed by atoms with Crippen molar-refractivity contribution >= 4 is 50.9 Å². The van der Waals surface area contributed by atoms with Crippen LogP contribution in [0, 0.1) is 0 Å². The van der Waals surface area contributed by atoms with Gasteiger partial charge < -0.3 is 20.4 Å². The third-order valence-electron chi connectivity index (χ3n) is 5.65. The number of amides is 2. The largest absolute Gasteiger partial charge is 0.372 e. The van der Waals surface area contributed by atoms with Crippen LogP contribution in [0.2, 0.25) is 5.02 Å². The molecule has 0 radical (unpaired) electrons. The van der Waals surface area contributed by atoms with Gasteiger partial charge in [0.15, 0.2) is 0 Å². The molecule has 1 aromatic carbocycles. The highest BCUT2D eigenvalue weighted by molar-refractivity contribution is 6.33. The van der Waals surface area contributed by atoms with E-state index in [0.29, 0.717) is 23.8 Å². The maximum Gasteiger partial charge on any atom is 0.244 e. The topological polar surface area (TPSA) is 99.4 Å². The van der Waals surface area contributed by atoms with Crippen LogP contribution in [0.3, 0.4) is 0 Å². The lowest BCUT2D eigenvalue weighted by Crippen LogP contribution is -2.60. The number of hydrogen-bond donors (Lipinski definition) is 3. The minimum atomic E-state index is -0.501. The molecule has 0 spiro atoms. The molecule has 2 atom stereocenters. The second-order valence-corrected chi connectivity index (χ2v) is 9.47. The zero-order chi connectivity index (χ0) is 23.0. The summed E-state index contributed by atoms with van der Waals surface area (Å²) in [7, 11) is 0. The highest BCUT2D eigenvalue weighted by Crippen LogP contribution is 2.33. The van der Waals surface area contributed by atoms with E-state index in [9.17, 15) is 9.59 Å². The molecule has 2 amide bonds. The van der Waals surface area contributed by atoms with E-state index < -0.39 is 6.04 Å². The van der Waals surface area contributed by atoms with Gasteiger partial charge >= 0.3 is 0 Å². The number of ether oxygens (including phenoxy) is 1. The molecule has 1 aliphatic rings. The van der Waals surface area contributed by atoms with Crippen molar-refractivity contribution in [2.24, 2.45) is 0 Å². The minimum Gasteiger partial charge on any atom is -0.372 e. The first-order valence-corrected chi connectivity index (χ1v) is 11.0. The van der Waals surface area contributed by atoms with Crippen LogP contribution in [0.5, 0.6) is 0 Å². The standard InChI is InChI=1S/C23H28ClN5O3/c1-13(26-14(2)30)10-29-12-23(3,4)32-11-20(29)22(31)28-18-8-15(24)7-17-16-5-6-25-9-19(16)27-21(17)18/h5-9,13,20,27H,10-12H2,1-4H3,(H,26,30)(H,28,31)/t13-,20-/m0/s1. The van der Waals surface area contributed by atoms with Crippen molar-refractivity contribution in [1.82, 2.24) is 20.2 Å². The molecule has 0 bridgehead atoms. The summed E-state index contributed by atoms with van der Waals surface area (Å²) in [5.74, 6) is -0.281. The van der Waals surface area contributed by atoms with E-state index in [1.165, 1.54) is 6.92 Å². The fraction of sp³-hybridized carbons (Fsp3) is 0.435. The van der Waals surface area contributed by atoms with Gasteiger partial charge in [0.05, 0.1) is 35.1 Å². The Balaban J connectivity index is 1.61. The summed E-state index contributed by atoms with van der Waals surface area (Å²) in [5, 5.41) is 8.37. The van der Waals surface area contributed by atoms with Crippen molar-refractivity contribution in [3.63, 3.8) is 0 Å². The minimum absolute atomic E-state index is 0.0966. The highest BCUT2D eigenvalue weighted by atomic mass is 35.5. The van der Waals surface area contributed by atoms with Crippen LogP contribution < -0.4 is 10.6 Å². The second kappa shape index (κ2) is 8.69. The number of aromatic amines is 1. The van der Waals surface area contributed by atoms with E-state index in [1.807, 2.05) is 32.9 Å². The number of morpholine rings is 1. The lowest BCUT2D eigenvalue weighted by molar-refractivity contribution is -0.143. The molecule has 2 aromatic heterocycles. The number of H-pyrrole nitrogens is 1. The molecule has 0 aliphatic carbocycles. The fourth-order valence-corrected chi connectivity index (χ4v) is 4.58. The summed E-state index contributed by atoms with van der Waals surface area (Å²) in [6, 6.07) is 4.93. The van der Waals surface area contributed by atoms with Crippen molar-refractivity contribution in [1.29, 1.82) is 0 Å². The Bertz CT molecular complexity index is 1180. The van der Waals surface area contributed by atoms with Crippen LogP contribution in [0.15, 0.2) is 30.6 Å². The Morgan fingerprint density at radius 2 is 2.16 bits per heavy atom. The van der Waals surface area contributed by atoms with Crippen molar-refractivity contribution in [3.05, 3.63) is 35.6 Å². The van der Waals surface area contributed by atoms with Gasteiger partial charge in [-0.3, -0.25) is 19.5 Å². The molecule has 170 valence electrons. The number of nitrogens with zero attached hydrogens (tertiary/aromatic N) is 2. The molecule has 4 rings (SSSR count). The van der Waals surface area contributed by atoms with Crippen LogP contribution in [0.25, 0.3) is 21.8 Å². The van der Waals surface area contributed by atoms with E-state index in [4.69, 9.17) is 16.3 Å². The molecular weight excluding hydrogens is 430 g/mol. The molecule has 32 heavy (non-hydrogen) atoms. The third-order valence-corrected chi connectivity index (χ3v) is 5.87. The molecule has 3 heterocycles. The highest BCUT2D eigenvalue weighted by Gasteiger charge is 2.38. The van der Waals surface area contributed by atoms with Crippen molar-refractivity contribution in [2.45, 2.75) is 45.4 Å². The summed E-state index contributed by atoms with van der Waals surface area (Å²) in [6.45, 7) is 8.77. The maximum absolute atomic E-state index is 13.4. The smallest absolute Gasteiger partial charge is 0.244 e. The first kappa shape index (κ1) is 22.5. The van der Waals surface area contributed by atoms with E-state index in [-0.39, 0.29) is 30.1 Å². The monoisotopic (exact) mass is 457 g/mol. The Morgan fingerprint density at radius 1 is 1.38 bits per heavy atom. The van der Waals surface area contributed by atoms with Gasteiger partial charge in [-0.25, -0.2) is 0 Å². The first-order valence-electron chi connectivity index (χ1n) is 10.6. The number of aromatic nitrogens is 2. The summed E-state index contributed by atoms with van der Waals surface area (Å²) >= 11 is 6.38. The number of halogens is 1. The van der Waals surface area contributed by atoms with Crippen LogP contribution in [0.1, 0.15) is 27.7 Å². The third kappa shape index (κ3) is 4.72. The molecular formula is C23H28ClN5O3. The molecule has 0 unspecified atom stereocenters. The van der Waals surface area contributed by atoms with Crippen molar-refractivity contribution < 1.29 is 14.3 Å². The SMILES string of the molecule is CC(=O)N[C@@H](C)CN1CC(C)(C)OC[C@H]1C(=O)Nc1cc(Cl)cc2c1[nH]c1cnccc12. The quantitative estimate of drug-likeness (QED) is 0.546. The number of rotatable bonds is 5. The number of anilines is 1. The Hall–Kier alpha value is -2.68. The van der Waals surface area contributed by atoms with E-state index >= 15 is 0 Å². The number of carbonyl (C=O) groups excluding carboxylic acids is 2. The Labute approximate surface area is 191 Å². The average molecular weight is 458 g/mol. The van der Waals surface area contributed by atoms with Crippen LogP contribution >= 0.6 is 11.6 Å². The zero-order valence-corrected chi connectivity index (χ0v) is 19.4. The number of pyridine rings is 1. The normalized spacial score (nSPS) is 19.7. The summed E-state index contributed by atoms with van der Waals surface area (Å²) < 4.78 is 5.96. The summed E-state index contributed by atoms with van der Waals surface area (Å²) in [4.78, 5) is 34.4. The average Bonchev–Trinajstić information content (AvgIpc) is 3.05. The summed E-state index contributed by atoms with van der Waals surface area (Å²) in [6.07, 6.45) is 3.47. The van der Waals surface area contributed by atoms with Crippen LogP contribution in [-0.4, -0.2) is 64.1 Å². The predicted octanol–water partition coefficient (Wildman–Crippen LogP) is 3.31. The van der Waals surface area contributed by atoms with Gasteiger partial charge in [0.2, 0.25) is 11.8 Å². The first-order chi connectivity index (χ1) is 15.1. The second-order valence-electron chi connectivity index (χ2n) is 9.03. The van der Waals surface area contributed by atoms with Crippen molar-refractivity contribution in [2.75, 3.05) is 25.0 Å². The number of hydrogen-bond acceptors (Lipinski definition) is 5. The number of fused-ring (bicyclic) bond motifs is 3. The van der Waals surface area contributed by atoms with Gasteiger partial charge in [-0.15, -0.1) is 0 Å². The summed E-state index contributed by atoms with van der Waals surface area (Å²) in [5.41, 5.74) is 1.88. The number of nitrogens with one attached hydrogen (secondary N) is 3. The van der Waals surface area contributed by atoms with E-state index in [0.717, 1.165) is 21.8 Å². The molecule has 3 N–H and O–H groups in total. The van der Waals surface area contributed by atoms with E-state index in [1.54, 1.807) is 18.5 Å². The molecule has 1 saturated heterocycles. The fourth-order valence-electron chi connectivity index (χ4n) is 4.36. The zero-order valence-electron chi connectivity index (χ0n) is 18.7. The van der Waals surface area contributed by atoms with Gasteiger partial charge in [0.1, 0.15) is 6.04 Å². The van der Waals surface area contributed by atoms with Gasteiger partial charge in [0.25, 0.3) is 0 Å². The van der Waals surface area contributed by atoms with Crippen LogP contribution in [0.4, 0.5) is 5.69 Å². The number of benzene rings is 1. The van der Waals surface area contributed by atoms with Crippen molar-refractivity contribution in [3.8, 4) is 0 Å². The maximum atomic E-state index is 13.4. The molecule has 0 saturated carbocycles. The van der Waals surface area contributed by atoms with Gasteiger partial charge in [-0.2, -0.15) is 0 Å². The lowest BCUT2D eigenvalue weighted by Gasteiger charge is -2.43.